The summed E-state index contributed by atoms with van der Waals surface area (Å²) in [6.45, 7) is 7.31. The van der Waals surface area contributed by atoms with Gasteiger partial charge in [0.15, 0.2) is 0 Å². The van der Waals surface area contributed by atoms with Gasteiger partial charge in [0.2, 0.25) is 8.32 Å². The maximum Gasteiger partial charge on any atom is 0.287 e. The second-order valence-electron chi connectivity index (χ2n) is 4.42. The number of aryl methyl sites for hydroxylation is 1. The summed E-state index contributed by atoms with van der Waals surface area (Å²) in [4.78, 5) is 0.271. The normalized spacial score (nSPS) is 12.8. The molecular formula is C10H16O3SSi. The van der Waals surface area contributed by atoms with Gasteiger partial charge in [-0.1, -0.05) is 18.2 Å². The van der Waals surface area contributed by atoms with Crippen molar-refractivity contribution in [3.05, 3.63) is 29.8 Å². The maximum atomic E-state index is 11.9. The summed E-state index contributed by atoms with van der Waals surface area (Å²) < 4.78 is 29.0. The molecule has 0 atom stereocenters. The summed E-state index contributed by atoms with van der Waals surface area (Å²) in [5.41, 5.74) is 0.718. The van der Waals surface area contributed by atoms with E-state index in [4.69, 9.17) is 3.87 Å². The van der Waals surface area contributed by atoms with Crippen LogP contribution in [0.5, 0.6) is 0 Å². The number of hydrogen-bond acceptors (Lipinski definition) is 3. The summed E-state index contributed by atoms with van der Waals surface area (Å²) >= 11 is 0. The topological polar surface area (TPSA) is 43.4 Å². The molecule has 1 aromatic carbocycles. The molecule has 1 aromatic rings. The van der Waals surface area contributed by atoms with Crippen LogP contribution in [0.25, 0.3) is 0 Å². The second-order valence-corrected chi connectivity index (χ2v) is 10.7. The highest BCUT2D eigenvalue weighted by atomic mass is 32.2. The lowest BCUT2D eigenvalue weighted by molar-refractivity contribution is 0.485. The molecule has 0 amide bonds. The van der Waals surface area contributed by atoms with Gasteiger partial charge in [0, 0.05) is 0 Å². The van der Waals surface area contributed by atoms with Crippen molar-refractivity contribution in [3.8, 4) is 0 Å². The lowest BCUT2D eigenvalue weighted by Crippen LogP contribution is -2.29. The van der Waals surface area contributed by atoms with Crippen molar-refractivity contribution in [2.45, 2.75) is 31.5 Å². The Morgan fingerprint density at radius 3 is 2.13 bits per heavy atom. The van der Waals surface area contributed by atoms with Crippen LogP contribution in [-0.4, -0.2) is 16.7 Å². The van der Waals surface area contributed by atoms with Crippen LogP contribution < -0.4 is 0 Å². The van der Waals surface area contributed by atoms with Crippen LogP contribution in [0.1, 0.15) is 5.56 Å². The molecule has 0 fully saturated rings. The monoisotopic (exact) mass is 244 g/mol. The zero-order valence-corrected chi connectivity index (χ0v) is 11.3. The maximum absolute atomic E-state index is 11.9. The quantitative estimate of drug-likeness (QED) is 0.767. The summed E-state index contributed by atoms with van der Waals surface area (Å²) in [6.07, 6.45) is 0. The minimum atomic E-state index is -3.59. The van der Waals surface area contributed by atoms with E-state index < -0.39 is 18.4 Å². The Balaban J connectivity index is 3.13. The van der Waals surface area contributed by atoms with E-state index in [0.29, 0.717) is 0 Å². The molecule has 0 saturated carbocycles. The van der Waals surface area contributed by atoms with Crippen LogP contribution >= 0.6 is 0 Å². The van der Waals surface area contributed by atoms with Gasteiger partial charge in [-0.3, -0.25) is 0 Å². The van der Waals surface area contributed by atoms with Crippen LogP contribution in [0.3, 0.4) is 0 Å². The third-order valence-electron chi connectivity index (χ3n) is 1.72. The molecule has 1 rings (SSSR count). The Bertz CT molecular complexity index is 446. The number of rotatable bonds is 3. The van der Waals surface area contributed by atoms with Crippen LogP contribution in [-0.2, 0) is 14.0 Å². The van der Waals surface area contributed by atoms with Gasteiger partial charge in [-0.25, -0.2) is 0 Å². The van der Waals surface area contributed by atoms with Gasteiger partial charge in [-0.2, -0.15) is 8.42 Å². The zero-order chi connectivity index (χ0) is 11.7. The van der Waals surface area contributed by atoms with Crippen molar-refractivity contribution in [1.29, 1.82) is 0 Å². The average Bonchev–Trinajstić information content (AvgIpc) is 1.99. The Kier molecular flexibility index (Phi) is 3.37. The summed E-state index contributed by atoms with van der Waals surface area (Å²) in [7, 11) is -5.67. The highest BCUT2D eigenvalue weighted by Gasteiger charge is 2.26. The Morgan fingerprint density at radius 1 is 1.13 bits per heavy atom. The lowest BCUT2D eigenvalue weighted by atomic mass is 10.2. The molecule has 0 radical (unpaired) electrons. The van der Waals surface area contributed by atoms with E-state index in [1.807, 2.05) is 25.7 Å². The van der Waals surface area contributed by atoms with Gasteiger partial charge in [0.25, 0.3) is 10.1 Å². The summed E-state index contributed by atoms with van der Waals surface area (Å²) in [5, 5.41) is 0. The molecule has 3 nitrogen and oxygen atoms in total. The third kappa shape index (κ3) is 3.44. The molecule has 0 N–H and O–H groups in total. The van der Waals surface area contributed by atoms with E-state index in [2.05, 4.69) is 0 Å². The minimum Gasteiger partial charge on any atom is -0.312 e. The van der Waals surface area contributed by atoms with Crippen LogP contribution in [0.15, 0.2) is 29.2 Å². The highest BCUT2D eigenvalue weighted by molar-refractivity contribution is 7.87. The van der Waals surface area contributed by atoms with Crippen molar-refractivity contribution in [3.63, 3.8) is 0 Å². The minimum absolute atomic E-state index is 0.271. The van der Waals surface area contributed by atoms with Crippen molar-refractivity contribution >= 4 is 18.4 Å². The Labute approximate surface area is 92.3 Å². The fourth-order valence-electron chi connectivity index (χ4n) is 1.21. The molecule has 0 spiro atoms. The van der Waals surface area contributed by atoms with Gasteiger partial charge in [0.05, 0.1) is 4.90 Å². The first-order chi connectivity index (χ1) is 6.72. The van der Waals surface area contributed by atoms with Gasteiger partial charge < -0.3 is 3.87 Å². The van der Waals surface area contributed by atoms with Gasteiger partial charge in [-0.05, 0) is 38.2 Å². The average molecular weight is 244 g/mol. The first-order valence-electron chi connectivity index (χ1n) is 4.74. The zero-order valence-electron chi connectivity index (χ0n) is 9.44. The second kappa shape index (κ2) is 4.07. The first kappa shape index (κ1) is 12.4. The fourth-order valence-corrected chi connectivity index (χ4v) is 4.91. The standard InChI is InChI=1S/C10H16O3SSi/c1-9-7-5-6-8-10(9)14(11,12)13-15(2,3)4/h5-8H,1-4H3. The molecule has 0 unspecified atom stereocenters. The molecule has 84 valence electrons. The largest absolute Gasteiger partial charge is 0.312 e. The van der Waals surface area contributed by atoms with Gasteiger partial charge in [-0.15, -0.1) is 0 Å². The molecule has 0 bridgehead atoms. The van der Waals surface area contributed by atoms with E-state index in [1.165, 1.54) is 0 Å². The van der Waals surface area contributed by atoms with Crippen molar-refractivity contribution < 1.29 is 12.3 Å². The van der Waals surface area contributed by atoms with Crippen LogP contribution in [0.2, 0.25) is 19.6 Å². The van der Waals surface area contributed by atoms with Crippen molar-refractivity contribution in [1.82, 2.24) is 0 Å². The fraction of sp³-hybridized carbons (Fsp3) is 0.400. The number of benzene rings is 1. The van der Waals surface area contributed by atoms with Gasteiger partial charge >= 0.3 is 0 Å². The van der Waals surface area contributed by atoms with Crippen molar-refractivity contribution in [2.24, 2.45) is 0 Å². The SMILES string of the molecule is Cc1ccccc1S(=O)(=O)O[Si](C)(C)C. The highest BCUT2D eigenvalue weighted by Crippen LogP contribution is 2.20. The summed E-state index contributed by atoms with van der Waals surface area (Å²) in [6, 6.07) is 6.85. The molecule has 0 saturated heterocycles. The Hall–Kier alpha value is -0.653. The van der Waals surface area contributed by atoms with Crippen LogP contribution in [0, 0.1) is 6.92 Å². The molecule has 0 aliphatic carbocycles. The molecule has 15 heavy (non-hydrogen) atoms. The van der Waals surface area contributed by atoms with E-state index in [0.717, 1.165) is 5.56 Å². The van der Waals surface area contributed by atoms with E-state index in [1.54, 1.807) is 25.1 Å². The first-order valence-corrected chi connectivity index (χ1v) is 9.55. The van der Waals surface area contributed by atoms with Crippen LogP contribution in [0.4, 0.5) is 0 Å². The summed E-state index contributed by atoms with van der Waals surface area (Å²) in [5.74, 6) is 0. The predicted molar refractivity (Wildman–Crippen MR) is 62.8 cm³/mol. The Morgan fingerprint density at radius 2 is 1.67 bits per heavy atom. The van der Waals surface area contributed by atoms with Crippen molar-refractivity contribution in [2.75, 3.05) is 0 Å². The predicted octanol–water partition coefficient (Wildman–Crippen LogP) is 2.54. The third-order valence-corrected chi connectivity index (χ3v) is 5.60. The molecular weight excluding hydrogens is 228 g/mol. The molecule has 0 aromatic heterocycles. The van der Waals surface area contributed by atoms with Gasteiger partial charge in [0.1, 0.15) is 0 Å². The van der Waals surface area contributed by atoms with E-state index in [-0.39, 0.29) is 4.90 Å². The molecule has 5 heteroatoms. The van der Waals surface area contributed by atoms with E-state index >= 15 is 0 Å². The number of hydrogen-bond donors (Lipinski definition) is 0. The molecule has 0 aliphatic rings. The van der Waals surface area contributed by atoms with E-state index in [9.17, 15) is 8.42 Å². The molecule has 0 aliphatic heterocycles. The molecule has 0 heterocycles. The smallest absolute Gasteiger partial charge is 0.287 e. The lowest BCUT2D eigenvalue weighted by Gasteiger charge is -2.17.